The maximum absolute atomic E-state index is 12.3. The van der Waals surface area contributed by atoms with E-state index in [1.807, 2.05) is 6.07 Å². The first-order valence-electron chi connectivity index (χ1n) is 8.00. The number of nitrogens with zero attached hydrogens (tertiary/aromatic N) is 3. The Morgan fingerprint density at radius 2 is 2.26 bits per heavy atom. The van der Waals surface area contributed by atoms with Crippen LogP contribution in [0.3, 0.4) is 0 Å². The Kier molecular flexibility index (Phi) is 4.66. The van der Waals surface area contributed by atoms with Crippen molar-refractivity contribution in [3.8, 4) is 0 Å². The Bertz CT molecular complexity index is 757. The van der Waals surface area contributed by atoms with Gasteiger partial charge in [0.2, 0.25) is 5.91 Å². The minimum atomic E-state index is -0.212. The Balaban J connectivity index is 1.63. The molecule has 2 unspecified atom stereocenters. The summed E-state index contributed by atoms with van der Waals surface area (Å²) in [6, 6.07) is 7.50. The topological polar surface area (TPSA) is 88.9 Å². The first-order chi connectivity index (χ1) is 11.1. The summed E-state index contributed by atoms with van der Waals surface area (Å²) in [5.74, 6) is -0.0626. The number of aryl methyl sites for hydroxylation is 1. The van der Waals surface area contributed by atoms with Gasteiger partial charge in [-0.25, -0.2) is 4.68 Å². The van der Waals surface area contributed by atoms with Gasteiger partial charge in [0.1, 0.15) is 5.52 Å². The molecule has 2 heterocycles. The zero-order chi connectivity index (χ0) is 16.2. The molecule has 7 nitrogen and oxygen atoms in total. The van der Waals surface area contributed by atoms with Crippen LogP contribution in [-0.2, 0) is 11.3 Å². The maximum atomic E-state index is 12.3. The highest BCUT2D eigenvalue weighted by Gasteiger charge is 2.22. The average Bonchev–Trinajstić information content (AvgIpc) is 2.57. The van der Waals surface area contributed by atoms with Gasteiger partial charge in [-0.05, 0) is 38.4 Å². The molecule has 1 aromatic carbocycles. The van der Waals surface area contributed by atoms with Crippen molar-refractivity contribution in [1.82, 2.24) is 25.6 Å². The summed E-state index contributed by atoms with van der Waals surface area (Å²) in [6.07, 6.45) is 2.26. The van der Waals surface area contributed by atoms with Crippen molar-refractivity contribution in [3.63, 3.8) is 0 Å². The third-order valence-corrected chi connectivity index (χ3v) is 4.29. The van der Waals surface area contributed by atoms with E-state index in [1.165, 1.54) is 4.68 Å². The lowest BCUT2D eigenvalue weighted by molar-refractivity contribution is -0.122. The summed E-state index contributed by atoms with van der Waals surface area (Å²) in [5, 5.41) is 14.8. The van der Waals surface area contributed by atoms with Crippen LogP contribution in [0.2, 0.25) is 0 Å². The number of hydrogen-bond donors (Lipinski definition) is 2. The zero-order valence-electron chi connectivity index (χ0n) is 13.2. The quantitative estimate of drug-likeness (QED) is 0.854. The standard InChI is InChI=1S/C16H21N5O2/c1-11-13(7-4-9-17-11)18-15(22)8-10-21-16(23)12-5-2-3-6-14(12)19-20-21/h2-3,5-6,11,13,17H,4,7-10H2,1H3,(H,18,22). The number of fused-ring (bicyclic) bond motifs is 1. The van der Waals surface area contributed by atoms with Crippen LogP contribution in [0.1, 0.15) is 26.2 Å². The van der Waals surface area contributed by atoms with Gasteiger partial charge in [0.25, 0.3) is 5.56 Å². The van der Waals surface area contributed by atoms with Crippen LogP contribution in [0.15, 0.2) is 29.1 Å². The largest absolute Gasteiger partial charge is 0.352 e. The Labute approximate surface area is 134 Å². The number of rotatable bonds is 4. The van der Waals surface area contributed by atoms with Gasteiger partial charge in [0, 0.05) is 18.5 Å². The van der Waals surface area contributed by atoms with E-state index in [9.17, 15) is 9.59 Å². The monoisotopic (exact) mass is 315 g/mol. The molecule has 23 heavy (non-hydrogen) atoms. The van der Waals surface area contributed by atoms with Crippen molar-refractivity contribution in [3.05, 3.63) is 34.6 Å². The van der Waals surface area contributed by atoms with E-state index in [-0.39, 0.29) is 36.5 Å². The van der Waals surface area contributed by atoms with E-state index in [0.29, 0.717) is 10.9 Å². The van der Waals surface area contributed by atoms with Gasteiger partial charge in [-0.15, -0.1) is 5.10 Å². The molecule has 1 amide bonds. The molecule has 0 radical (unpaired) electrons. The average molecular weight is 315 g/mol. The van der Waals surface area contributed by atoms with Crippen LogP contribution in [0, 0.1) is 0 Å². The van der Waals surface area contributed by atoms with Crippen LogP contribution < -0.4 is 16.2 Å². The molecule has 3 rings (SSSR count). The molecule has 1 fully saturated rings. The molecule has 1 saturated heterocycles. The van der Waals surface area contributed by atoms with Gasteiger partial charge >= 0.3 is 0 Å². The molecule has 122 valence electrons. The van der Waals surface area contributed by atoms with E-state index in [1.54, 1.807) is 18.2 Å². The van der Waals surface area contributed by atoms with E-state index in [4.69, 9.17) is 0 Å². The van der Waals surface area contributed by atoms with Crippen molar-refractivity contribution in [2.24, 2.45) is 0 Å². The first kappa shape index (κ1) is 15.6. The van der Waals surface area contributed by atoms with Gasteiger partial charge in [-0.3, -0.25) is 9.59 Å². The number of benzene rings is 1. The predicted octanol–water partition coefficient (Wildman–Crippen LogP) is 0.438. The van der Waals surface area contributed by atoms with Crippen LogP contribution in [0.25, 0.3) is 10.9 Å². The van der Waals surface area contributed by atoms with Crippen molar-refractivity contribution >= 4 is 16.8 Å². The lowest BCUT2D eigenvalue weighted by Crippen LogP contribution is -2.52. The van der Waals surface area contributed by atoms with Crippen LogP contribution >= 0.6 is 0 Å². The summed E-state index contributed by atoms with van der Waals surface area (Å²) < 4.78 is 1.25. The molecule has 1 aromatic heterocycles. The number of carbonyl (C=O) groups is 1. The summed E-state index contributed by atoms with van der Waals surface area (Å²) in [7, 11) is 0. The summed E-state index contributed by atoms with van der Waals surface area (Å²) in [5.41, 5.74) is 0.358. The molecular formula is C16H21N5O2. The Morgan fingerprint density at radius 3 is 3.09 bits per heavy atom. The van der Waals surface area contributed by atoms with Crippen molar-refractivity contribution in [1.29, 1.82) is 0 Å². The number of carbonyl (C=O) groups excluding carboxylic acids is 1. The van der Waals surface area contributed by atoms with Crippen LogP contribution in [0.5, 0.6) is 0 Å². The fourth-order valence-corrected chi connectivity index (χ4v) is 2.90. The Morgan fingerprint density at radius 1 is 1.43 bits per heavy atom. The van der Waals surface area contributed by atoms with Crippen molar-refractivity contribution in [2.75, 3.05) is 6.54 Å². The minimum absolute atomic E-state index is 0.0626. The number of nitrogens with one attached hydrogen (secondary N) is 2. The molecule has 0 aliphatic carbocycles. The third kappa shape index (κ3) is 3.56. The van der Waals surface area contributed by atoms with Gasteiger partial charge in [0.05, 0.1) is 11.9 Å². The van der Waals surface area contributed by atoms with Crippen LogP contribution in [0.4, 0.5) is 0 Å². The van der Waals surface area contributed by atoms with Gasteiger partial charge < -0.3 is 10.6 Å². The van der Waals surface area contributed by atoms with E-state index in [2.05, 4.69) is 27.9 Å². The van der Waals surface area contributed by atoms with Crippen molar-refractivity contribution in [2.45, 2.75) is 44.8 Å². The van der Waals surface area contributed by atoms with Gasteiger partial charge in [-0.1, -0.05) is 17.3 Å². The fourth-order valence-electron chi connectivity index (χ4n) is 2.90. The van der Waals surface area contributed by atoms with Gasteiger partial charge in [0.15, 0.2) is 0 Å². The molecule has 0 spiro atoms. The third-order valence-electron chi connectivity index (χ3n) is 4.29. The second-order valence-corrected chi connectivity index (χ2v) is 5.94. The summed E-state index contributed by atoms with van der Waals surface area (Å²) in [6.45, 7) is 3.30. The van der Waals surface area contributed by atoms with E-state index in [0.717, 1.165) is 19.4 Å². The molecule has 1 aliphatic heterocycles. The number of piperidine rings is 1. The van der Waals surface area contributed by atoms with E-state index >= 15 is 0 Å². The highest BCUT2D eigenvalue weighted by atomic mass is 16.2. The molecule has 2 aromatic rings. The lowest BCUT2D eigenvalue weighted by atomic mass is 10.00. The van der Waals surface area contributed by atoms with Crippen LogP contribution in [-0.4, -0.2) is 39.5 Å². The molecule has 2 N–H and O–H groups in total. The number of aromatic nitrogens is 3. The molecular weight excluding hydrogens is 294 g/mol. The normalized spacial score (nSPS) is 21.3. The minimum Gasteiger partial charge on any atom is -0.352 e. The zero-order valence-corrected chi connectivity index (χ0v) is 13.2. The highest BCUT2D eigenvalue weighted by molar-refractivity contribution is 5.77. The maximum Gasteiger partial charge on any atom is 0.277 e. The predicted molar refractivity (Wildman–Crippen MR) is 87.0 cm³/mol. The molecule has 2 atom stereocenters. The number of hydrogen-bond acceptors (Lipinski definition) is 5. The highest BCUT2D eigenvalue weighted by Crippen LogP contribution is 2.08. The molecule has 0 bridgehead atoms. The summed E-state index contributed by atoms with van der Waals surface area (Å²) >= 11 is 0. The molecule has 7 heteroatoms. The SMILES string of the molecule is CC1NCCCC1NC(=O)CCn1nnc2ccccc2c1=O. The van der Waals surface area contributed by atoms with Crippen molar-refractivity contribution < 1.29 is 4.79 Å². The lowest BCUT2D eigenvalue weighted by Gasteiger charge is -2.30. The van der Waals surface area contributed by atoms with Gasteiger partial charge in [-0.2, -0.15) is 0 Å². The second-order valence-electron chi connectivity index (χ2n) is 5.94. The fraction of sp³-hybridized carbons (Fsp3) is 0.500. The summed E-state index contributed by atoms with van der Waals surface area (Å²) in [4.78, 5) is 24.4. The molecule has 1 aliphatic rings. The number of amides is 1. The second kappa shape index (κ2) is 6.87. The first-order valence-corrected chi connectivity index (χ1v) is 8.00. The molecule has 0 saturated carbocycles. The van der Waals surface area contributed by atoms with E-state index < -0.39 is 0 Å². The smallest absolute Gasteiger partial charge is 0.277 e. The Hall–Kier alpha value is -2.28.